The zero-order valence-corrected chi connectivity index (χ0v) is 15.4. The number of hydrogen-bond acceptors (Lipinski definition) is 3. The van der Waals surface area contributed by atoms with Crippen molar-refractivity contribution in [3.8, 4) is 17.0 Å². The minimum atomic E-state index is -1.03. The van der Waals surface area contributed by atoms with Gasteiger partial charge in [-0.15, -0.1) is 0 Å². The third kappa shape index (κ3) is 3.78. The van der Waals surface area contributed by atoms with Gasteiger partial charge in [-0.2, -0.15) is 0 Å². The molecule has 4 rings (SSSR count). The zero-order valence-electron chi connectivity index (χ0n) is 15.4. The summed E-state index contributed by atoms with van der Waals surface area (Å²) in [6.07, 6.45) is 0. The third-order valence-corrected chi connectivity index (χ3v) is 4.50. The Hall–Kier alpha value is -3.80. The van der Waals surface area contributed by atoms with Gasteiger partial charge in [0.15, 0.2) is 11.6 Å². The van der Waals surface area contributed by atoms with Crippen LogP contribution in [-0.4, -0.2) is 18.0 Å². The van der Waals surface area contributed by atoms with Crippen LogP contribution in [0.25, 0.3) is 22.2 Å². The van der Waals surface area contributed by atoms with Gasteiger partial charge in [0.2, 0.25) is 0 Å². The van der Waals surface area contributed by atoms with Gasteiger partial charge in [0.1, 0.15) is 5.75 Å². The second-order valence-electron chi connectivity index (χ2n) is 6.39. The number of amides is 1. The van der Waals surface area contributed by atoms with Crippen molar-refractivity contribution in [1.29, 1.82) is 0 Å². The number of methoxy groups -OCH3 is 1. The molecule has 0 bridgehead atoms. The van der Waals surface area contributed by atoms with Crippen LogP contribution in [0.2, 0.25) is 0 Å². The fourth-order valence-electron chi connectivity index (χ4n) is 3.07. The van der Waals surface area contributed by atoms with Crippen molar-refractivity contribution in [2.24, 2.45) is 0 Å². The number of benzene rings is 3. The summed E-state index contributed by atoms with van der Waals surface area (Å²) in [5.74, 6) is -1.78. The van der Waals surface area contributed by atoms with E-state index in [0.717, 1.165) is 17.7 Å². The van der Waals surface area contributed by atoms with Gasteiger partial charge in [0.25, 0.3) is 5.91 Å². The van der Waals surface area contributed by atoms with E-state index in [1.807, 2.05) is 42.5 Å². The van der Waals surface area contributed by atoms with Crippen molar-refractivity contribution in [2.75, 3.05) is 12.4 Å². The summed E-state index contributed by atoms with van der Waals surface area (Å²) in [4.78, 5) is 17.6. The van der Waals surface area contributed by atoms with Gasteiger partial charge in [-0.25, -0.2) is 13.8 Å². The maximum atomic E-state index is 13.5. The number of para-hydroxylation sites is 1. The highest BCUT2D eigenvalue weighted by molar-refractivity contribution is 6.13. The predicted octanol–water partition coefficient (Wildman–Crippen LogP) is 5.44. The number of pyridine rings is 1. The number of carbonyl (C=O) groups is 1. The fourth-order valence-corrected chi connectivity index (χ4v) is 3.07. The first-order chi connectivity index (χ1) is 14.0. The predicted molar refractivity (Wildman–Crippen MR) is 108 cm³/mol. The quantitative estimate of drug-likeness (QED) is 0.505. The lowest BCUT2D eigenvalue weighted by Gasteiger charge is -2.11. The zero-order chi connectivity index (χ0) is 20.4. The van der Waals surface area contributed by atoms with E-state index in [9.17, 15) is 13.6 Å². The van der Waals surface area contributed by atoms with E-state index in [4.69, 9.17) is 4.74 Å². The number of nitrogens with zero attached hydrogens (tertiary/aromatic N) is 1. The van der Waals surface area contributed by atoms with Crippen LogP contribution in [0.4, 0.5) is 14.5 Å². The van der Waals surface area contributed by atoms with Crippen LogP contribution in [-0.2, 0) is 0 Å². The van der Waals surface area contributed by atoms with Crippen LogP contribution in [0.15, 0.2) is 72.8 Å². The maximum absolute atomic E-state index is 13.5. The van der Waals surface area contributed by atoms with E-state index in [1.165, 1.54) is 6.07 Å². The van der Waals surface area contributed by atoms with E-state index >= 15 is 0 Å². The summed E-state index contributed by atoms with van der Waals surface area (Å²) in [5, 5.41) is 3.27. The monoisotopic (exact) mass is 390 g/mol. The Bertz CT molecular complexity index is 1220. The topological polar surface area (TPSA) is 51.2 Å². The van der Waals surface area contributed by atoms with Gasteiger partial charge >= 0.3 is 0 Å². The lowest BCUT2D eigenvalue weighted by atomic mass is 10.0. The third-order valence-electron chi connectivity index (χ3n) is 4.50. The highest BCUT2D eigenvalue weighted by Crippen LogP contribution is 2.28. The molecule has 0 radical (unpaired) electrons. The molecule has 0 atom stereocenters. The minimum absolute atomic E-state index is 0.165. The molecule has 4 nitrogen and oxygen atoms in total. The largest absolute Gasteiger partial charge is 0.497 e. The molecule has 0 saturated carbocycles. The first-order valence-corrected chi connectivity index (χ1v) is 8.86. The first kappa shape index (κ1) is 18.6. The molecule has 1 aromatic heterocycles. The molecule has 6 heteroatoms. The second-order valence-corrected chi connectivity index (χ2v) is 6.39. The molecule has 0 unspecified atom stereocenters. The normalized spacial score (nSPS) is 10.7. The lowest BCUT2D eigenvalue weighted by molar-refractivity contribution is 0.102. The summed E-state index contributed by atoms with van der Waals surface area (Å²) >= 11 is 0. The minimum Gasteiger partial charge on any atom is -0.497 e. The summed E-state index contributed by atoms with van der Waals surface area (Å²) in [6.45, 7) is 0. The molecule has 1 N–H and O–H groups in total. The number of carbonyl (C=O) groups excluding carboxylic acids is 1. The van der Waals surface area contributed by atoms with Crippen molar-refractivity contribution < 1.29 is 18.3 Å². The number of nitrogens with one attached hydrogen (secondary N) is 1. The van der Waals surface area contributed by atoms with Crippen LogP contribution < -0.4 is 10.1 Å². The second kappa shape index (κ2) is 7.67. The number of hydrogen-bond donors (Lipinski definition) is 1. The standard InChI is InChI=1S/C23H16F2N2O2/c1-29-16-6-4-5-14(11-16)22-13-18(17-7-2-3-8-21(17)27-22)23(28)26-15-9-10-19(24)20(25)12-15/h2-13H,1H3,(H,26,28). The summed E-state index contributed by atoms with van der Waals surface area (Å²) in [5.41, 5.74) is 2.56. The van der Waals surface area contributed by atoms with E-state index in [1.54, 1.807) is 19.2 Å². The number of halogens is 2. The van der Waals surface area contributed by atoms with Crippen LogP contribution in [0.3, 0.4) is 0 Å². The molecule has 3 aromatic carbocycles. The number of anilines is 1. The SMILES string of the molecule is COc1cccc(-c2cc(C(=O)Nc3ccc(F)c(F)c3)c3ccccc3n2)c1. The Kier molecular flexibility index (Phi) is 4.91. The molecular weight excluding hydrogens is 374 g/mol. The Morgan fingerprint density at radius 1 is 0.931 bits per heavy atom. The van der Waals surface area contributed by atoms with E-state index in [0.29, 0.717) is 27.9 Å². The molecule has 0 aliphatic heterocycles. The summed E-state index contributed by atoms with van der Waals surface area (Å²) in [6, 6.07) is 19.5. The molecule has 0 saturated heterocycles. The average Bonchev–Trinajstić information content (AvgIpc) is 2.75. The lowest BCUT2D eigenvalue weighted by Crippen LogP contribution is -2.13. The van der Waals surface area contributed by atoms with Crippen molar-refractivity contribution >= 4 is 22.5 Å². The number of rotatable bonds is 4. The molecule has 1 heterocycles. The van der Waals surface area contributed by atoms with E-state index in [-0.39, 0.29) is 5.69 Å². The molecule has 0 aliphatic carbocycles. The van der Waals surface area contributed by atoms with Gasteiger partial charge < -0.3 is 10.1 Å². The van der Waals surface area contributed by atoms with Crippen molar-refractivity contribution in [1.82, 2.24) is 4.98 Å². The summed E-state index contributed by atoms with van der Waals surface area (Å²) in [7, 11) is 1.58. The molecule has 0 spiro atoms. The maximum Gasteiger partial charge on any atom is 0.256 e. The highest BCUT2D eigenvalue weighted by atomic mass is 19.2. The Balaban J connectivity index is 1.79. The van der Waals surface area contributed by atoms with Gasteiger partial charge in [0.05, 0.1) is 23.9 Å². The smallest absolute Gasteiger partial charge is 0.256 e. The molecule has 144 valence electrons. The molecule has 4 aromatic rings. The van der Waals surface area contributed by atoms with E-state index in [2.05, 4.69) is 10.3 Å². The Morgan fingerprint density at radius 2 is 1.76 bits per heavy atom. The van der Waals surface area contributed by atoms with Gasteiger partial charge in [-0.1, -0.05) is 30.3 Å². The Morgan fingerprint density at radius 3 is 2.55 bits per heavy atom. The van der Waals surface area contributed by atoms with E-state index < -0.39 is 17.5 Å². The van der Waals surface area contributed by atoms with Crippen LogP contribution >= 0.6 is 0 Å². The molecule has 29 heavy (non-hydrogen) atoms. The van der Waals surface area contributed by atoms with Crippen molar-refractivity contribution in [3.05, 3.63) is 90.0 Å². The summed E-state index contributed by atoms with van der Waals surface area (Å²) < 4.78 is 31.9. The number of ether oxygens (including phenoxy) is 1. The number of aromatic nitrogens is 1. The Labute approximate surface area is 165 Å². The molecule has 0 aliphatic rings. The molecule has 0 fully saturated rings. The highest BCUT2D eigenvalue weighted by Gasteiger charge is 2.15. The van der Waals surface area contributed by atoms with Crippen molar-refractivity contribution in [3.63, 3.8) is 0 Å². The fraction of sp³-hybridized carbons (Fsp3) is 0.0435. The average molecular weight is 390 g/mol. The first-order valence-electron chi connectivity index (χ1n) is 8.86. The van der Waals surface area contributed by atoms with Crippen LogP contribution in [0.1, 0.15) is 10.4 Å². The van der Waals surface area contributed by atoms with Gasteiger partial charge in [-0.3, -0.25) is 4.79 Å². The molecule has 1 amide bonds. The molecular formula is C23H16F2N2O2. The van der Waals surface area contributed by atoms with Crippen LogP contribution in [0.5, 0.6) is 5.75 Å². The van der Waals surface area contributed by atoms with Crippen LogP contribution in [0, 0.1) is 11.6 Å². The van der Waals surface area contributed by atoms with Crippen molar-refractivity contribution in [2.45, 2.75) is 0 Å². The van der Waals surface area contributed by atoms with Gasteiger partial charge in [0, 0.05) is 22.7 Å². The number of fused-ring (bicyclic) bond motifs is 1. The van der Waals surface area contributed by atoms with Gasteiger partial charge in [-0.05, 0) is 36.4 Å².